The van der Waals surface area contributed by atoms with Gasteiger partial charge in [-0.1, -0.05) is 97.9 Å². The van der Waals surface area contributed by atoms with E-state index in [9.17, 15) is 9.90 Å². The predicted molar refractivity (Wildman–Crippen MR) is 165 cm³/mol. The zero-order valence-corrected chi connectivity index (χ0v) is 24.1. The maximum atomic E-state index is 12.3. The van der Waals surface area contributed by atoms with E-state index in [2.05, 4.69) is 33.2 Å². The average molecular weight is 577 g/mol. The molecule has 0 radical (unpaired) electrons. The number of carbonyl (C=O) groups is 1. The molecular weight excluding hydrogens is 540 g/mol. The second-order valence-corrected chi connectivity index (χ2v) is 11.0. The number of carbonyl (C=O) groups excluding carboxylic acids is 1. The quantitative estimate of drug-likeness (QED) is 0.199. The van der Waals surface area contributed by atoms with Crippen molar-refractivity contribution in [2.45, 2.75) is 51.7 Å². The molecule has 5 aromatic rings. The number of aliphatic hydroxyl groups is 1. The first-order valence-electron chi connectivity index (χ1n) is 14.6. The molecular formula is C35H36N4O4. The van der Waals surface area contributed by atoms with Gasteiger partial charge in [0.15, 0.2) is 6.29 Å². The van der Waals surface area contributed by atoms with Crippen LogP contribution in [0.5, 0.6) is 0 Å². The number of ether oxygens (including phenoxy) is 2. The zero-order valence-electron chi connectivity index (χ0n) is 24.1. The van der Waals surface area contributed by atoms with E-state index >= 15 is 0 Å². The molecule has 3 N–H and O–H groups in total. The highest BCUT2D eigenvalue weighted by molar-refractivity contribution is 5.75. The second kappa shape index (κ2) is 13.2. The van der Waals surface area contributed by atoms with E-state index in [-0.39, 0.29) is 30.8 Å². The average Bonchev–Trinajstić information content (AvgIpc) is 3.47. The molecule has 1 fully saturated rings. The van der Waals surface area contributed by atoms with E-state index in [1.54, 1.807) is 0 Å². The minimum Gasteiger partial charge on any atom is -0.392 e. The lowest BCUT2D eigenvalue weighted by molar-refractivity contribution is -0.276. The van der Waals surface area contributed by atoms with E-state index in [1.165, 1.54) is 0 Å². The lowest BCUT2D eigenvalue weighted by atomic mass is 9.90. The highest BCUT2D eigenvalue weighted by Crippen LogP contribution is 2.42. The van der Waals surface area contributed by atoms with Crippen LogP contribution in [-0.2, 0) is 35.7 Å². The summed E-state index contributed by atoms with van der Waals surface area (Å²) in [5.41, 5.74) is 6.84. The normalized spacial score (nSPS) is 20.1. The number of amides is 2. The van der Waals surface area contributed by atoms with Crippen LogP contribution in [0.3, 0.4) is 0 Å². The molecule has 4 unspecified atom stereocenters. The number of para-hydroxylation sites is 2. The van der Waals surface area contributed by atoms with Crippen molar-refractivity contribution in [2.75, 3.05) is 0 Å². The number of fused-ring (bicyclic) bond motifs is 1. The van der Waals surface area contributed by atoms with Gasteiger partial charge >= 0.3 is 6.03 Å². The number of benzene rings is 4. The van der Waals surface area contributed by atoms with Crippen LogP contribution < -0.4 is 10.6 Å². The number of nitrogens with one attached hydrogen (secondary N) is 2. The third-order valence-electron chi connectivity index (χ3n) is 8.03. The Hall–Kier alpha value is -4.50. The van der Waals surface area contributed by atoms with Crippen molar-refractivity contribution < 1.29 is 19.4 Å². The SMILES string of the molecule is CC1C(Cn2cnc3ccccc32)OC(c2ccc(CNC(=O)NCc3ccccc3)cc2)OC1c1ccc(CO)cc1. The predicted octanol–water partition coefficient (Wildman–Crippen LogP) is 6.02. The van der Waals surface area contributed by atoms with E-state index in [0.29, 0.717) is 19.6 Å². The maximum Gasteiger partial charge on any atom is 0.315 e. The fourth-order valence-corrected chi connectivity index (χ4v) is 5.49. The third-order valence-corrected chi connectivity index (χ3v) is 8.03. The van der Waals surface area contributed by atoms with Crippen molar-refractivity contribution in [3.63, 3.8) is 0 Å². The first-order valence-corrected chi connectivity index (χ1v) is 14.6. The molecule has 2 heterocycles. The smallest absolute Gasteiger partial charge is 0.315 e. The molecule has 1 aliphatic rings. The topological polar surface area (TPSA) is 97.6 Å². The van der Waals surface area contributed by atoms with Crippen molar-refractivity contribution in [2.24, 2.45) is 5.92 Å². The maximum absolute atomic E-state index is 12.3. The van der Waals surface area contributed by atoms with Crippen molar-refractivity contribution >= 4 is 17.1 Å². The van der Waals surface area contributed by atoms with Crippen LogP contribution in [0.1, 0.15) is 47.1 Å². The summed E-state index contributed by atoms with van der Waals surface area (Å²) >= 11 is 0. The fourth-order valence-electron chi connectivity index (χ4n) is 5.49. The molecule has 1 aliphatic heterocycles. The Balaban J connectivity index is 1.16. The molecule has 8 heteroatoms. The summed E-state index contributed by atoms with van der Waals surface area (Å²) in [5.74, 6) is 0.0512. The Bertz CT molecular complexity index is 1640. The Labute approximate surface area is 251 Å². The van der Waals surface area contributed by atoms with Crippen LogP contribution in [0.15, 0.2) is 109 Å². The van der Waals surface area contributed by atoms with Gasteiger partial charge in [0.25, 0.3) is 0 Å². The Morgan fingerprint density at radius 3 is 2.14 bits per heavy atom. The van der Waals surface area contributed by atoms with Crippen LogP contribution in [0.25, 0.3) is 11.0 Å². The van der Waals surface area contributed by atoms with Gasteiger partial charge in [-0.3, -0.25) is 0 Å². The minimum absolute atomic E-state index is 0.000681. The minimum atomic E-state index is -0.574. The van der Waals surface area contributed by atoms with E-state index < -0.39 is 6.29 Å². The Morgan fingerprint density at radius 1 is 0.791 bits per heavy atom. The highest BCUT2D eigenvalue weighted by Gasteiger charge is 2.38. The van der Waals surface area contributed by atoms with Gasteiger partial charge in [0, 0.05) is 24.6 Å². The van der Waals surface area contributed by atoms with Crippen molar-refractivity contribution in [3.8, 4) is 0 Å². The third kappa shape index (κ3) is 6.78. The number of aliphatic hydroxyl groups excluding tert-OH is 1. The molecule has 220 valence electrons. The number of urea groups is 1. The Kier molecular flexibility index (Phi) is 8.79. The molecule has 43 heavy (non-hydrogen) atoms. The van der Waals surface area contributed by atoms with Gasteiger partial charge in [-0.15, -0.1) is 0 Å². The van der Waals surface area contributed by atoms with Crippen molar-refractivity contribution in [1.82, 2.24) is 20.2 Å². The largest absolute Gasteiger partial charge is 0.392 e. The number of nitrogens with zero attached hydrogens (tertiary/aromatic N) is 2. The molecule has 0 bridgehead atoms. The molecule has 4 aromatic carbocycles. The summed E-state index contributed by atoms with van der Waals surface area (Å²) in [7, 11) is 0. The summed E-state index contributed by atoms with van der Waals surface area (Å²) in [6.07, 6.45) is 0.942. The fraction of sp³-hybridized carbons (Fsp3) is 0.257. The summed E-state index contributed by atoms with van der Waals surface area (Å²) in [4.78, 5) is 16.9. The van der Waals surface area contributed by atoms with Crippen LogP contribution in [0.4, 0.5) is 4.79 Å². The monoisotopic (exact) mass is 576 g/mol. The molecule has 8 nitrogen and oxygen atoms in total. The number of hydrogen-bond donors (Lipinski definition) is 3. The molecule has 0 saturated carbocycles. The van der Waals surface area contributed by atoms with Crippen molar-refractivity contribution in [3.05, 3.63) is 137 Å². The van der Waals surface area contributed by atoms with Gasteiger partial charge in [-0.2, -0.15) is 0 Å². The number of rotatable bonds is 9. The number of imidazole rings is 1. The van der Waals surface area contributed by atoms with Gasteiger partial charge in [0.05, 0.1) is 42.7 Å². The number of aromatic nitrogens is 2. The van der Waals surface area contributed by atoms with Gasteiger partial charge < -0.3 is 29.8 Å². The molecule has 0 spiro atoms. The summed E-state index contributed by atoms with van der Waals surface area (Å²) in [5, 5.41) is 15.3. The zero-order chi connectivity index (χ0) is 29.6. The second-order valence-electron chi connectivity index (χ2n) is 11.0. The van der Waals surface area contributed by atoms with Crippen LogP contribution in [0.2, 0.25) is 0 Å². The molecule has 6 rings (SSSR count). The van der Waals surface area contributed by atoms with Gasteiger partial charge in [0.1, 0.15) is 0 Å². The lowest BCUT2D eigenvalue weighted by Gasteiger charge is -2.41. The summed E-state index contributed by atoms with van der Waals surface area (Å²) in [6, 6.07) is 33.6. The molecule has 2 amide bonds. The molecule has 1 saturated heterocycles. The van der Waals surface area contributed by atoms with E-state index in [0.717, 1.165) is 38.9 Å². The van der Waals surface area contributed by atoms with Crippen LogP contribution in [-0.4, -0.2) is 26.8 Å². The van der Waals surface area contributed by atoms with Crippen molar-refractivity contribution in [1.29, 1.82) is 0 Å². The van der Waals surface area contributed by atoms with Gasteiger partial charge in [-0.05, 0) is 34.4 Å². The first-order chi connectivity index (χ1) is 21.1. The first kappa shape index (κ1) is 28.6. The summed E-state index contributed by atoms with van der Waals surface area (Å²) < 4.78 is 15.4. The van der Waals surface area contributed by atoms with E-state index in [4.69, 9.17) is 9.47 Å². The number of hydrogen-bond acceptors (Lipinski definition) is 5. The molecule has 4 atom stereocenters. The summed E-state index contributed by atoms with van der Waals surface area (Å²) in [6.45, 7) is 3.66. The van der Waals surface area contributed by atoms with E-state index in [1.807, 2.05) is 103 Å². The molecule has 1 aromatic heterocycles. The van der Waals surface area contributed by atoms with Gasteiger partial charge in [-0.25, -0.2) is 9.78 Å². The van der Waals surface area contributed by atoms with Gasteiger partial charge in [0.2, 0.25) is 0 Å². The molecule has 0 aliphatic carbocycles. The standard InChI is InChI=1S/C35H36N4O4/c1-24-32(21-39-23-38-30-9-5-6-10-31(30)39)42-34(43-33(24)28-15-13-27(22-40)14-16-28)29-17-11-26(12-18-29)20-37-35(41)36-19-25-7-3-2-4-8-25/h2-18,23-24,32-34,40H,19-22H2,1H3,(H2,36,37,41). The van der Waals surface area contributed by atoms with Crippen LogP contribution in [0, 0.1) is 5.92 Å². The lowest BCUT2D eigenvalue weighted by Crippen LogP contribution is -2.39. The Morgan fingerprint density at radius 2 is 1.42 bits per heavy atom. The highest BCUT2D eigenvalue weighted by atomic mass is 16.7. The van der Waals surface area contributed by atoms with Crippen LogP contribution >= 0.6 is 0 Å².